The van der Waals surface area contributed by atoms with E-state index in [1.807, 2.05) is 0 Å². The Labute approximate surface area is 152 Å². The van der Waals surface area contributed by atoms with Crippen molar-refractivity contribution in [1.82, 2.24) is 0 Å². The quantitative estimate of drug-likeness (QED) is 0.660. The summed E-state index contributed by atoms with van der Waals surface area (Å²) in [5.74, 6) is -0.692. The van der Waals surface area contributed by atoms with E-state index in [9.17, 15) is 4.79 Å². The van der Waals surface area contributed by atoms with Gasteiger partial charge in [0.2, 0.25) is 5.91 Å². The molecule has 3 N–H and O–H groups in total. The van der Waals surface area contributed by atoms with E-state index < -0.39 is 11.9 Å². The lowest BCUT2D eigenvalue weighted by atomic mass is 10.1. The van der Waals surface area contributed by atoms with Crippen LogP contribution < -0.4 is 11.1 Å². The highest BCUT2D eigenvalue weighted by Gasteiger charge is 2.25. The molecule has 0 aliphatic carbocycles. The highest BCUT2D eigenvalue weighted by atomic mass is 35.5. The van der Waals surface area contributed by atoms with Crippen LogP contribution in [0.25, 0.3) is 0 Å². The van der Waals surface area contributed by atoms with E-state index in [2.05, 4.69) is 5.32 Å². The molecule has 0 saturated carbocycles. The third kappa shape index (κ3) is 3.73. The van der Waals surface area contributed by atoms with E-state index in [1.165, 1.54) is 12.1 Å². The Morgan fingerprint density at radius 2 is 1.55 bits per heavy atom. The summed E-state index contributed by atoms with van der Waals surface area (Å²) in [6.45, 7) is 0. The lowest BCUT2D eigenvalue weighted by Crippen LogP contribution is -2.28. The fourth-order valence-electron chi connectivity index (χ4n) is 1.86. The first-order valence-corrected chi connectivity index (χ1v) is 7.84. The summed E-state index contributed by atoms with van der Waals surface area (Å²) in [6, 6.07) is 6.81. The maximum absolute atomic E-state index is 11.8. The predicted molar refractivity (Wildman–Crippen MR) is 93.5 cm³/mol. The van der Waals surface area contributed by atoms with Crippen LogP contribution >= 0.6 is 58.0 Å². The molecule has 0 aliphatic rings. The second-order valence-electron chi connectivity index (χ2n) is 4.36. The molecule has 116 valence electrons. The van der Waals surface area contributed by atoms with Crippen LogP contribution in [0.4, 0.5) is 5.69 Å². The number of amides is 1. The minimum atomic E-state index is -1.02. The number of nitrogens with one attached hydrogen (secondary N) is 1. The van der Waals surface area contributed by atoms with Crippen LogP contribution in [-0.2, 0) is 4.79 Å². The van der Waals surface area contributed by atoms with Gasteiger partial charge in [-0.15, -0.1) is 0 Å². The highest BCUT2D eigenvalue weighted by molar-refractivity contribution is 6.44. The molecule has 3 nitrogen and oxygen atoms in total. The first kappa shape index (κ1) is 17.5. The lowest BCUT2D eigenvalue weighted by molar-refractivity contribution is -0.118. The Balaban J connectivity index is 2.51. The molecule has 1 atom stereocenters. The summed E-state index contributed by atoms with van der Waals surface area (Å²) in [4.78, 5) is 11.8. The summed E-state index contributed by atoms with van der Waals surface area (Å²) in [6.07, 6.45) is 0. The molecule has 2 aromatic carbocycles. The van der Waals surface area contributed by atoms with Crippen LogP contribution in [0, 0.1) is 0 Å². The number of benzene rings is 2. The number of primary amides is 1. The van der Waals surface area contributed by atoms with Crippen molar-refractivity contribution in [2.75, 3.05) is 5.32 Å². The van der Waals surface area contributed by atoms with Gasteiger partial charge in [-0.1, -0.05) is 58.0 Å². The number of nitrogens with two attached hydrogens (primary N) is 1. The summed E-state index contributed by atoms with van der Waals surface area (Å²) in [5, 5.41) is 4.35. The van der Waals surface area contributed by atoms with Gasteiger partial charge in [0.25, 0.3) is 0 Å². The van der Waals surface area contributed by atoms with Crippen molar-refractivity contribution in [2.45, 2.75) is 6.04 Å². The maximum atomic E-state index is 11.8. The molecule has 0 bridgehead atoms. The molecular formula is C14H9Cl5N2O. The lowest BCUT2D eigenvalue weighted by Gasteiger charge is -2.21. The van der Waals surface area contributed by atoms with E-state index in [4.69, 9.17) is 63.7 Å². The molecule has 1 unspecified atom stereocenters. The summed E-state index contributed by atoms with van der Waals surface area (Å²) >= 11 is 30.3. The second kappa shape index (κ2) is 7.16. The van der Waals surface area contributed by atoms with Crippen molar-refractivity contribution in [3.8, 4) is 0 Å². The van der Waals surface area contributed by atoms with E-state index in [0.29, 0.717) is 15.7 Å². The number of halogens is 5. The van der Waals surface area contributed by atoms with Crippen molar-refractivity contribution in [3.63, 3.8) is 0 Å². The molecule has 0 spiro atoms. The molecule has 0 aromatic heterocycles. The minimum Gasteiger partial charge on any atom is -0.369 e. The average Bonchev–Trinajstić information content (AvgIpc) is 2.45. The van der Waals surface area contributed by atoms with Gasteiger partial charge in [0, 0.05) is 15.6 Å². The van der Waals surface area contributed by atoms with Crippen molar-refractivity contribution in [2.24, 2.45) is 5.73 Å². The van der Waals surface area contributed by atoms with Gasteiger partial charge in [-0.2, -0.15) is 0 Å². The van der Waals surface area contributed by atoms with Crippen molar-refractivity contribution in [3.05, 3.63) is 61.0 Å². The maximum Gasteiger partial charge on any atom is 0.244 e. The molecule has 0 radical (unpaired) electrons. The molecule has 2 rings (SSSR count). The SMILES string of the molecule is NC(=O)C(Nc1cc(Cl)ccc1Cl)c1c(Cl)ccc(Cl)c1Cl. The average molecular weight is 399 g/mol. The zero-order valence-electron chi connectivity index (χ0n) is 10.8. The minimum absolute atomic E-state index is 0.142. The molecule has 1 amide bonds. The molecule has 0 aliphatic heterocycles. The Bertz CT molecular complexity index is 735. The number of rotatable bonds is 4. The fourth-order valence-corrected chi connectivity index (χ4v) is 2.95. The number of anilines is 1. The number of hydrogen-bond acceptors (Lipinski definition) is 2. The van der Waals surface area contributed by atoms with Crippen LogP contribution in [-0.4, -0.2) is 5.91 Å². The molecule has 0 fully saturated rings. The first-order valence-electron chi connectivity index (χ1n) is 5.95. The molecular weight excluding hydrogens is 389 g/mol. The van der Waals surface area contributed by atoms with E-state index >= 15 is 0 Å². The molecule has 2 aromatic rings. The molecule has 0 heterocycles. The largest absolute Gasteiger partial charge is 0.369 e. The van der Waals surface area contributed by atoms with Gasteiger partial charge in [-0.3, -0.25) is 4.79 Å². The normalized spacial score (nSPS) is 12.0. The Morgan fingerprint density at radius 1 is 0.955 bits per heavy atom. The Kier molecular flexibility index (Phi) is 5.70. The number of carbonyl (C=O) groups is 1. The second-order valence-corrected chi connectivity index (χ2v) is 6.40. The summed E-state index contributed by atoms with van der Waals surface area (Å²) in [7, 11) is 0. The van der Waals surface area contributed by atoms with Crippen molar-refractivity contribution < 1.29 is 4.79 Å². The predicted octanol–water partition coefficient (Wildman–Crippen LogP) is 5.59. The van der Waals surface area contributed by atoms with Gasteiger partial charge < -0.3 is 11.1 Å². The fraction of sp³-hybridized carbons (Fsp3) is 0.0714. The summed E-state index contributed by atoms with van der Waals surface area (Å²) < 4.78 is 0. The topological polar surface area (TPSA) is 55.1 Å². The zero-order chi connectivity index (χ0) is 16.4. The van der Waals surface area contributed by atoms with Gasteiger partial charge in [0.15, 0.2) is 0 Å². The molecule has 0 saturated heterocycles. The molecule has 22 heavy (non-hydrogen) atoms. The number of carbonyl (C=O) groups excluding carboxylic acids is 1. The Hall–Kier alpha value is -0.840. The van der Waals surface area contributed by atoms with Gasteiger partial charge in [0.05, 0.1) is 20.8 Å². The van der Waals surface area contributed by atoms with Gasteiger partial charge >= 0.3 is 0 Å². The third-order valence-electron chi connectivity index (χ3n) is 2.88. The monoisotopic (exact) mass is 396 g/mol. The highest BCUT2D eigenvalue weighted by Crippen LogP contribution is 2.38. The smallest absolute Gasteiger partial charge is 0.244 e. The van der Waals surface area contributed by atoms with Gasteiger partial charge in [-0.05, 0) is 30.3 Å². The van der Waals surface area contributed by atoms with Crippen molar-refractivity contribution >= 4 is 69.6 Å². The van der Waals surface area contributed by atoms with Crippen LogP contribution in [0.3, 0.4) is 0 Å². The first-order chi connectivity index (χ1) is 10.3. The molecule has 8 heteroatoms. The van der Waals surface area contributed by atoms with Crippen LogP contribution in [0.5, 0.6) is 0 Å². The van der Waals surface area contributed by atoms with E-state index in [1.54, 1.807) is 18.2 Å². The van der Waals surface area contributed by atoms with Crippen LogP contribution in [0.1, 0.15) is 11.6 Å². The Morgan fingerprint density at radius 3 is 2.18 bits per heavy atom. The standard InChI is InChI=1S/C14H9Cl5N2O/c15-6-1-2-7(16)10(5-6)21-13(14(20)22)11-8(17)3-4-9(18)12(11)19/h1-5,13,21H,(H2,20,22). The zero-order valence-corrected chi connectivity index (χ0v) is 14.6. The van der Waals surface area contributed by atoms with Crippen LogP contribution in [0.2, 0.25) is 25.1 Å². The summed E-state index contributed by atoms with van der Waals surface area (Å²) in [5.41, 5.74) is 6.15. The van der Waals surface area contributed by atoms with Gasteiger partial charge in [-0.25, -0.2) is 0 Å². The number of hydrogen-bond donors (Lipinski definition) is 2. The van der Waals surface area contributed by atoms with Crippen LogP contribution in [0.15, 0.2) is 30.3 Å². The van der Waals surface area contributed by atoms with E-state index in [0.717, 1.165) is 0 Å². The van der Waals surface area contributed by atoms with Crippen molar-refractivity contribution in [1.29, 1.82) is 0 Å². The van der Waals surface area contributed by atoms with Gasteiger partial charge in [0.1, 0.15) is 6.04 Å². The van der Waals surface area contributed by atoms with E-state index in [-0.39, 0.29) is 20.6 Å². The third-order valence-corrected chi connectivity index (χ3v) is 4.59.